The highest BCUT2D eigenvalue weighted by Gasteiger charge is 2.35. The third-order valence-electron chi connectivity index (χ3n) is 7.36. The molecule has 1 fully saturated rings. The normalized spacial score (nSPS) is 20.0. The van der Waals surface area contributed by atoms with E-state index < -0.39 is 18.0 Å². The standard InChI is InChI=1S/C28H34N2O5/c1-3-8-19(26(31)30-14-13-20(27(32)33)18(2)16-30)15-29-28(34)35-17-25-23-11-6-4-9-21(23)22-10-5-7-12-24(22)25/h4-7,9-12,18-20,25H,3,8,13-17H2,1-2H3,(H,29,34)(H,32,33). The van der Waals surface area contributed by atoms with Crippen LogP contribution < -0.4 is 5.32 Å². The van der Waals surface area contributed by atoms with E-state index in [2.05, 4.69) is 29.6 Å². The number of piperidine rings is 1. The minimum absolute atomic E-state index is 0.0155. The minimum atomic E-state index is -0.799. The van der Waals surface area contributed by atoms with Gasteiger partial charge in [-0.15, -0.1) is 0 Å². The average molecular weight is 479 g/mol. The van der Waals surface area contributed by atoms with Crippen molar-refractivity contribution in [3.63, 3.8) is 0 Å². The van der Waals surface area contributed by atoms with Gasteiger partial charge in [0.15, 0.2) is 0 Å². The molecule has 0 bridgehead atoms. The van der Waals surface area contributed by atoms with Crippen LogP contribution in [0.4, 0.5) is 4.79 Å². The molecule has 1 aliphatic carbocycles. The molecule has 2 aliphatic rings. The Hall–Kier alpha value is -3.35. The van der Waals surface area contributed by atoms with Crippen LogP contribution in [0.25, 0.3) is 11.1 Å². The number of benzene rings is 2. The van der Waals surface area contributed by atoms with E-state index in [-0.39, 0.29) is 36.8 Å². The maximum atomic E-state index is 13.2. The van der Waals surface area contributed by atoms with Crippen LogP contribution in [0.5, 0.6) is 0 Å². The van der Waals surface area contributed by atoms with Crippen molar-refractivity contribution in [3.8, 4) is 11.1 Å². The van der Waals surface area contributed by atoms with Crippen LogP contribution in [0.15, 0.2) is 48.5 Å². The van der Waals surface area contributed by atoms with E-state index in [9.17, 15) is 19.5 Å². The van der Waals surface area contributed by atoms with Gasteiger partial charge in [-0.2, -0.15) is 0 Å². The van der Waals surface area contributed by atoms with Crippen LogP contribution in [0.3, 0.4) is 0 Å². The summed E-state index contributed by atoms with van der Waals surface area (Å²) in [6, 6.07) is 16.4. The van der Waals surface area contributed by atoms with Crippen molar-refractivity contribution in [1.82, 2.24) is 10.2 Å². The summed E-state index contributed by atoms with van der Waals surface area (Å²) in [7, 11) is 0. The zero-order valence-corrected chi connectivity index (χ0v) is 20.4. The van der Waals surface area contributed by atoms with E-state index in [0.717, 1.165) is 17.5 Å². The lowest BCUT2D eigenvalue weighted by Gasteiger charge is -2.36. The molecular formula is C28H34N2O5. The zero-order chi connectivity index (χ0) is 24.9. The van der Waals surface area contributed by atoms with Gasteiger partial charge in [-0.25, -0.2) is 4.79 Å². The van der Waals surface area contributed by atoms with Crippen LogP contribution in [0, 0.1) is 17.8 Å². The fourth-order valence-corrected chi connectivity index (χ4v) is 5.49. The molecule has 2 N–H and O–H groups in total. The molecule has 2 amide bonds. The summed E-state index contributed by atoms with van der Waals surface area (Å²) in [5.74, 6) is -1.70. The third-order valence-corrected chi connectivity index (χ3v) is 7.36. The molecule has 0 spiro atoms. The second-order valence-electron chi connectivity index (χ2n) is 9.69. The van der Waals surface area contributed by atoms with Crippen LogP contribution in [-0.2, 0) is 14.3 Å². The Morgan fingerprint density at radius 3 is 2.29 bits per heavy atom. The molecular weight excluding hydrogens is 444 g/mol. The zero-order valence-electron chi connectivity index (χ0n) is 20.4. The first-order valence-corrected chi connectivity index (χ1v) is 12.5. The highest BCUT2D eigenvalue weighted by molar-refractivity contribution is 5.81. The topological polar surface area (TPSA) is 95.9 Å². The summed E-state index contributed by atoms with van der Waals surface area (Å²) in [4.78, 5) is 38.9. The van der Waals surface area contributed by atoms with Gasteiger partial charge >= 0.3 is 12.1 Å². The molecule has 1 heterocycles. The summed E-state index contributed by atoms with van der Waals surface area (Å²) in [5.41, 5.74) is 4.65. The number of aliphatic carboxylic acids is 1. The Balaban J connectivity index is 1.32. The van der Waals surface area contributed by atoms with Gasteiger partial charge in [-0.05, 0) is 41.0 Å². The molecule has 4 rings (SSSR count). The van der Waals surface area contributed by atoms with Gasteiger partial charge in [-0.1, -0.05) is 68.8 Å². The number of carboxylic acids is 1. The number of alkyl carbamates (subject to hydrolysis) is 1. The number of ether oxygens (including phenoxy) is 1. The third kappa shape index (κ3) is 5.34. The van der Waals surface area contributed by atoms with Gasteiger partial charge in [0, 0.05) is 25.6 Å². The molecule has 2 aromatic carbocycles. The number of carboxylic acid groups (broad SMARTS) is 1. The highest BCUT2D eigenvalue weighted by atomic mass is 16.5. The van der Waals surface area contributed by atoms with E-state index in [0.29, 0.717) is 25.9 Å². The van der Waals surface area contributed by atoms with Crippen molar-refractivity contribution < 1.29 is 24.2 Å². The van der Waals surface area contributed by atoms with Gasteiger partial charge < -0.3 is 20.1 Å². The maximum absolute atomic E-state index is 13.2. The number of hydrogen-bond donors (Lipinski definition) is 2. The van der Waals surface area contributed by atoms with Crippen LogP contribution in [0.1, 0.15) is 50.2 Å². The summed E-state index contributed by atoms with van der Waals surface area (Å²) in [5, 5.41) is 12.1. The molecule has 186 valence electrons. The van der Waals surface area contributed by atoms with Gasteiger partial charge in [0.05, 0.1) is 11.8 Å². The maximum Gasteiger partial charge on any atom is 0.407 e. The highest BCUT2D eigenvalue weighted by Crippen LogP contribution is 2.44. The predicted molar refractivity (Wildman–Crippen MR) is 133 cm³/mol. The second-order valence-corrected chi connectivity index (χ2v) is 9.69. The largest absolute Gasteiger partial charge is 0.481 e. The lowest BCUT2D eigenvalue weighted by atomic mass is 9.86. The van der Waals surface area contributed by atoms with Crippen molar-refractivity contribution in [2.24, 2.45) is 17.8 Å². The predicted octanol–water partition coefficient (Wildman–Crippen LogP) is 4.51. The fourth-order valence-electron chi connectivity index (χ4n) is 5.49. The van der Waals surface area contributed by atoms with Gasteiger partial charge in [-0.3, -0.25) is 9.59 Å². The van der Waals surface area contributed by atoms with Crippen LogP contribution in [-0.4, -0.2) is 54.2 Å². The quantitative estimate of drug-likeness (QED) is 0.582. The van der Waals surface area contributed by atoms with Crippen molar-refractivity contribution in [2.45, 2.75) is 39.0 Å². The number of carbonyl (C=O) groups is 3. The Labute approximate surface area is 206 Å². The second kappa shape index (κ2) is 10.9. The van der Waals surface area contributed by atoms with Crippen LogP contribution >= 0.6 is 0 Å². The molecule has 2 aromatic rings. The Kier molecular flexibility index (Phi) is 7.73. The summed E-state index contributed by atoms with van der Waals surface area (Å²) < 4.78 is 5.61. The Morgan fingerprint density at radius 1 is 1.09 bits per heavy atom. The van der Waals surface area contributed by atoms with E-state index in [1.54, 1.807) is 4.90 Å². The molecule has 0 aromatic heterocycles. The molecule has 7 nitrogen and oxygen atoms in total. The van der Waals surface area contributed by atoms with Crippen LogP contribution in [0.2, 0.25) is 0 Å². The van der Waals surface area contributed by atoms with Crippen molar-refractivity contribution in [2.75, 3.05) is 26.2 Å². The van der Waals surface area contributed by atoms with E-state index in [1.807, 2.05) is 38.1 Å². The first kappa shape index (κ1) is 24.8. The van der Waals surface area contributed by atoms with Gasteiger partial charge in [0.1, 0.15) is 6.61 Å². The number of nitrogens with zero attached hydrogens (tertiary/aromatic N) is 1. The van der Waals surface area contributed by atoms with Crippen molar-refractivity contribution in [3.05, 3.63) is 59.7 Å². The fraction of sp³-hybridized carbons (Fsp3) is 0.464. The molecule has 7 heteroatoms. The smallest absolute Gasteiger partial charge is 0.407 e. The number of likely N-dealkylation sites (tertiary alicyclic amines) is 1. The van der Waals surface area contributed by atoms with E-state index in [1.165, 1.54) is 11.1 Å². The van der Waals surface area contributed by atoms with Crippen molar-refractivity contribution >= 4 is 18.0 Å². The average Bonchev–Trinajstić information content (AvgIpc) is 3.18. The summed E-state index contributed by atoms with van der Waals surface area (Å²) in [6.45, 7) is 5.18. The Bertz CT molecular complexity index is 1040. The number of rotatable bonds is 8. The summed E-state index contributed by atoms with van der Waals surface area (Å²) >= 11 is 0. The van der Waals surface area contributed by atoms with E-state index in [4.69, 9.17) is 4.74 Å². The number of hydrogen-bond acceptors (Lipinski definition) is 4. The monoisotopic (exact) mass is 478 g/mol. The summed E-state index contributed by atoms with van der Waals surface area (Å²) in [6.07, 6.45) is 1.39. The van der Waals surface area contributed by atoms with Crippen molar-refractivity contribution in [1.29, 1.82) is 0 Å². The minimum Gasteiger partial charge on any atom is -0.481 e. The number of carbonyl (C=O) groups excluding carboxylic acids is 2. The number of fused-ring (bicyclic) bond motifs is 3. The first-order valence-electron chi connectivity index (χ1n) is 12.5. The lowest BCUT2D eigenvalue weighted by molar-refractivity contribution is -0.149. The number of amides is 2. The molecule has 0 saturated carbocycles. The molecule has 35 heavy (non-hydrogen) atoms. The molecule has 1 aliphatic heterocycles. The first-order chi connectivity index (χ1) is 16.9. The molecule has 3 unspecified atom stereocenters. The Morgan fingerprint density at radius 2 is 1.71 bits per heavy atom. The molecule has 0 radical (unpaired) electrons. The van der Waals surface area contributed by atoms with E-state index >= 15 is 0 Å². The number of nitrogens with one attached hydrogen (secondary N) is 1. The molecule has 1 saturated heterocycles. The lowest BCUT2D eigenvalue weighted by Crippen LogP contribution is -2.48. The molecule has 3 atom stereocenters. The van der Waals surface area contributed by atoms with Gasteiger partial charge in [0.25, 0.3) is 0 Å². The SMILES string of the molecule is CCCC(CNC(=O)OCC1c2ccccc2-c2ccccc21)C(=O)N1CCC(C(=O)O)C(C)C1. The van der Waals surface area contributed by atoms with Gasteiger partial charge in [0.2, 0.25) is 5.91 Å².